The summed E-state index contributed by atoms with van der Waals surface area (Å²) in [7, 11) is 4.26. The van der Waals surface area contributed by atoms with Crippen LogP contribution in [0.2, 0.25) is 0 Å². The molecular formula is C17H29N5O. The molecule has 0 radical (unpaired) electrons. The molecule has 6 heteroatoms. The van der Waals surface area contributed by atoms with Gasteiger partial charge < -0.3 is 9.80 Å². The van der Waals surface area contributed by atoms with Gasteiger partial charge in [0.2, 0.25) is 5.91 Å². The fourth-order valence-electron chi connectivity index (χ4n) is 5.10. The van der Waals surface area contributed by atoms with E-state index in [2.05, 4.69) is 47.8 Å². The van der Waals surface area contributed by atoms with Crippen LogP contribution in [0.1, 0.15) is 31.9 Å². The molecule has 1 aliphatic heterocycles. The molecule has 1 aromatic rings. The number of rotatable bonds is 4. The molecule has 0 unspecified atom stereocenters. The lowest BCUT2D eigenvalue weighted by Crippen LogP contribution is -2.57. The summed E-state index contributed by atoms with van der Waals surface area (Å²) in [6.07, 6.45) is 1.20. The summed E-state index contributed by atoms with van der Waals surface area (Å²) in [5.74, 6) is 2.30. The number of carbonyl (C=O) groups is 1. The first-order valence-electron chi connectivity index (χ1n) is 8.43. The van der Waals surface area contributed by atoms with E-state index in [4.69, 9.17) is 0 Å². The third-order valence-corrected chi connectivity index (χ3v) is 5.63. The Bertz CT molecular complexity index is 616. The Balaban J connectivity index is 1.72. The second-order valence-corrected chi connectivity index (χ2v) is 8.46. The van der Waals surface area contributed by atoms with Gasteiger partial charge in [0, 0.05) is 25.0 Å². The van der Waals surface area contributed by atoms with Gasteiger partial charge in [-0.25, -0.2) is 9.67 Å². The van der Waals surface area contributed by atoms with Gasteiger partial charge in [0.05, 0.1) is 0 Å². The van der Waals surface area contributed by atoms with Crippen LogP contribution in [0.25, 0.3) is 0 Å². The molecule has 2 heterocycles. The minimum Gasteiger partial charge on any atom is -0.340 e. The monoisotopic (exact) mass is 319 g/mol. The SMILES string of the molecule is Cc1nc(C)n(CC(=O)N2C[C@@H]3C(C)(C)C[C@]3(CN(C)C)C2)n1. The third-order valence-electron chi connectivity index (χ3n) is 5.63. The zero-order valence-corrected chi connectivity index (χ0v) is 15.3. The number of carbonyl (C=O) groups excluding carboxylic acids is 1. The highest BCUT2D eigenvalue weighted by molar-refractivity contribution is 5.76. The summed E-state index contributed by atoms with van der Waals surface area (Å²) in [4.78, 5) is 21.4. The first-order chi connectivity index (χ1) is 10.6. The molecule has 1 saturated heterocycles. The Labute approximate surface area is 138 Å². The third kappa shape index (κ3) is 2.77. The Hall–Kier alpha value is -1.43. The van der Waals surface area contributed by atoms with E-state index in [9.17, 15) is 4.79 Å². The van der Waals surface area contributed by atoms with Crippen LogP contribution in [0.15, 0.2) is 0 Å². The number of nitrogens with zero attached hydrogens (tertiary/aromatic N) is 5. The van der Waals surface area contributed by atoms with Gasteiger partial charge in [-0.15, -0.1) is 0 Å². The molecule has 0 aromatic carbocycles. The fourth-order valence-corrected chi connectivity index (χ4v) is 5.10. The molecule has 1 aromatic heterocycles. The number of hydrogen-bond donors (Lipinski definition) is 0. The van der Waals surface area contributed by atoms with Gasteiger partial charge in [-0.1, -0.05) is 13.8 Å². The van der Waals surface area contributed by atoms with Crippen molar-refractivity contribution in [1.29, 1.82) is 0 Å². The molecule has 0 spiro atoms. The van der Waals surface area contributed by atoms with E-state index in [1.54, 1.807) is 4.68 Å². The molecule has 2 aliphatic rings. The quantitative estimate of drug-likeness (QED) is 0.840. The van der Waals surface area contributed by atoms with Crippen molar-refractivity contribution in [2.45, 2.75) is 40.7 Å². The highest BCUT2D eigenvalue weighted by Gasteiger charge is 2.63. The number of aromatic nitrogens is 3. The van der Waals surface area contributed by atoms with Crippen LogP contribution in [0.4, 0.5) is 0 Å². The predicted octanol–water partition coefficient (Wildman–Crippen LogP) is 1.33. The second kappa shape index (κ2) is 5.30. The van der Waals surface area contributed by atoms with Gasteiger partial charge in [0.1, 0.15) is 18.2 Å². The number of amides is 1. The lowest BCUT2D eigenvalue weighted by atomic mass is 9.48. The van der Waals surface area contributed by atoms with Crippen molar-refractivity contribution >= 4 is 5.91 Å². The Morgan fingerprint density at radius 1 is 1.35 bits per heavy atom. The van der Waals surface area contributed by atoms with Crippen molar-refractivity contribution in [3.63, 3.8) is 0 Å². The van der Waals surface area contributed by atoms with Crippen molar-refractivity contribution in [3.8, 4) is 0 Å². The maximum atomic E-state index is 12.8. The summed E-state index contributed by atoms with van der Waals surface area (Å²) in [6, 6.07) is 0. The van der Waals surface area contributed by atoms with E-state index in [-0.39, 0.29) is 11.3 Å². The second-order valence-electron chi connectivity index (χ2n) is 8.46. The highest BCUT2D eigenvalue weighted by Crippen LogP contribution is 2.62. The highest BCUT2D eigenvalue weighted by atomic mass is 16.2. The molecule has 128 valence electrons. The molecular weight excluding hydrogens is 290 g/mol. The number of hydrogen-bond acceptors (Lipinski definition) is 4. The minimum atomic E-state index is 0.168. The lowest BCUT2D eigenvalue weighted by molar-refractivity contribution is -0.131. The molecule has 1 saturated carbocycles. The summed E-state index contributed by atoms with van der Waals surface area (Å²) in [6.45, 7) is 11.6. The largest absolute Gasteiger partial charge is 0.340 e. The Morgan fingerprint density at radius 2 is 2.04 bits per heavy atom. The van der Waals surface area contributed by atoms with Crippen molar-refractivity contribution in [1.82, 2.24) is 24.6 Å². The zero-order chi connectivity index (χ0) is 17.0. The molecule has 1 aliphatic carbocycles. The average Bonchev–Trinajstić information content (AvgIpc) is 2.87. The van der Waals surface area contributed by atoms with E-state index < -0.39 is 0 Å². The first kappa shape index (κ1) is 16.4. The van der Waals surface area contributed by atoms with Gasteiger partial charge in [0.15, 0.2) is 0 Å². The smallest absolute Gasteiger partial charge is 0.244 e. The van der Waals surface area contributed by atoms with Gasteiger partial charge >= 0.3 is 0 Å². The summed E-state index contributed by atoms with van der Waals surface area (Å²) < 4.78 is 1.72. The first-order valence-corrected chi connectivity index (χ1v) is 8.43. The maximum Gasteiger partial charge on any atom is 0.244 e. The van der Waals surface area contributed by atoms with Crippen molar-refractivity contribution < 1.29 is 4.79 Å². The molecule has 3 rings (SSSR count). The van der Waals surface area contributed by atoms with E-state index in [1.165, 1.54) is 6.42 Å². The van der Waals surface area contributed by atoms with E-state index in [0.29, 0.717) is 17.9 Å². The van der Waals surface area contributed by atoms with Crippen LogP contribution in [-0.2, 0) is 11.3 Å². The van der Waals surface area contributed by atoms with Crippen LogP contribution in [0.3, 0.4) is 0 Å². The normalized spacial score (nSPS) is 28.8. The van der Waals surface area contributed by atoms with Gasteiger partial charge in [-0.05, 0) is 45.7 Å². The van der Waals surface area contributed by atoms with Crippen molar-refractivity contribution in [2.24, 2.45) is 16.7 Å². The lowest BCUT2D eigenvalue weighted by Gasteiger charge is -2.57. The van der Waals surface area contributed by atoms with Crippen molar-refractivity contribution in [2.75, 3.05) is 33.7 Å². The average molecular weight is 319 g/mol. The summed E-state index contributed by atoms with van der Waals surface area (Å²) in [5, 5.41) is 4.32. The number of likely N-dealkylation sites (tertiary alicyclic amines) is 1. The van der Waals surface area contributed by atoms with Gasteiger partial charge in [0.25, 0.3) is 0 Å². The van der Waals surface area contributed by atoms with Crippen LogP contribution in [0.5, 0.6) is 0 Å². The number of fused-ring (bicyclic) bond motifs is 1. The van der Waals surface area contributed by atoms with E-state index >= 15 is 0 Å². The molecule has 2 fully saturated rings. The van der Waals surface area contributed by atoms with Gasteiger partial charge in [-0.2, -0.15) is 5.10 Å². The molecule has 23 heavy (non-hydrogen) atoms. The van der Waals surface area contributed by atoms with E-state index in [0.717, 1.165) is 31.3 Å². The molecule has 6 nitrogen and oxygen atoms in total. The standard InChI is InChI=1S/C17H29N5O/c1-12-18-13(2)22(19-12)8-15(23)21-7-14-16(3,4)9-17(14,11-21)10-20(5)6/h14H,7-11H2,1-6H3/t14-,17+/m1/s1. The van der Waals surface area contributed by atoms with Crippen molar-refractivity contribution in [3.05, 3.63) is 11.6 Å². The molecule has 0 N–H and O–H groups in total. The van der Waals surface area contributed by atoms with Crippen LogP contribution in [-0.4, -0.2) is 64.2 Å². The molecule has 2 atom stereocenters. The molecule has 1 amide bonds. The van der Waals surface area contributed by atoms with Crippen LogP contribution >= 0.6 is 0 Å². The predicted molar refractivity (Wildman–Crippen MR) is 89.0 cm³/mol. The van der Waals surface area contributed by atoms with E-state index in [1.807, 2.05) is 13.8 Å². The molecule has 0 bridgehead atoms. The van der Waals surface area contributed by atoms with Crippen LogP contribution in [0, 0.1) is 30.6 Å². The minimum absolute atomic E-state index is 0.168. The Kier molecular flexibility index (Phi) is 3.78. The number of aryl methyl sites for hydroxylation is 2. The topological polar surface area (TPSA) is 54.3 Å². The fraction of sp³-hybridized carbons (Fsp3) is 0.824. The Morgan fingerprint density at radius 3 is 2.57 bits per heavy atom. The maximum absolute atomic E-state index is 12.8. The summed E-state index contributed by atoms with van der Waals surface area (Å²) in [5.41, 5.74) is 0.612. The summed E-state index contributed by atoms with van der Waals surface area (Å²) >= 11 is 0. The van der Waals surface area contributed by atoms with Gasteiger partial charge in [-0.3, -0.25) is 4.79 Å². The zero-order valence-electron chi connectivity index (χ0n) is 15.3. The van der Waals surface area contributed by atoms with Crippen LogP contribution < -0.4 is 0 Å².